The Morgan fingerprint density at radius 2 is 0.929 bits per heavy atom. The lowest BCUT2D eigenvalue weighted by molar-refractivity contribution is 0.0974. The predicted octanol–water partition coefficient (Wildman–Crippen LogP) is 4.64. The standard InChI is InChI=1S/C14H26/c1-11-7-3-5-9-13(11)14-10-6-4-8-12(14)2/h11-14H,3-10H2,1-2H3/t11-,12?,13+,14?/m1/s1. The summed E-state index contributed by atoms with van der Waals surface area (Å²) in [6.45, 7) is 5.01. The Balaban J connectivity index is 1.96. The van der Waals surface area contributed by atoms with Crippen LogP contribution in [-0.4, -0.2) is 0 Å². The third-order valence-corrected chi connectivity index (χ3v) is 4.91. The summed E-state index contributed by atoms with van der Waals surface area (Å²) in [7, 11) is 0. The molecule has 0 heteroatoms. The second kappa shape index (κ2) is 4.68. The largest absolute Gasteiger partial charge is 0.0622 e. The van der Waals surface area contributed by atoms with E-state index in [-0.39, 0.29) is 0 Å². The van der Waals surface area contributed by atoms with E-state index in [9.17, 15) is 0 Å². The summed E-state index contributed by atoms with van der Waals surface area (Å²) in [5.74, 6) is 4.21. The topological polar surface area (TPSA) is 0 Å². The van der Waals surface area contributed by atoms with Crippen molar-refractivity contribution in [1.29, 1.82) is 0 Å². The minimum Gasteiger partial charge on any atom is -0.0622 e. The van der Waals surface area contributed by atoms with Crippen molar-refractivity contribution in [3.8, 4) is 0 Å². The molecule has 4 atom stereocenters. The molecule has 0 radical (unpaired) electrons. The summed E-state index contributed by atoms with van der Waals surface area (Å²) in [5, 5.41) is 0. The van der Waals surface area contributed by atoms with Gasteiger partial charge < -0.3 is 0 Å². The van der Waals surface area contributed by atoms with Crippen LogP contribution in [0.25, 0.3) is 0 Å². The lowest BCUT2D eigenvalue weighted by atomic mass is 9.65. The van der Waals surface area contributed by atoms with Gasteiger partial charge in [-0.3, -0.25) is 0 Å². The van der Waals surface area contributed by atoms with Gasteiger partial charge >= 0.3 is 0 Å². The Morgan fingerprint density at radius 3 is 1.29 bits per heavy atom. The van der Waals surface area contributed by atoms with Gasteiger partial charge in [0.1, 0.15) is 0 Å². The highest BCUT2D eigenvalue weighted by Crippen LogP contribution is 2.43. The van der Waals surface area contributed by atoms with E-state index >= 15 is 0 Å². The molecule has 0 aliphatic heterocycles. The van der Waals surface area contributed by atoms with Gasteiger partial charge in [-0.15, -0.1) is 0 Å². The minimum absolute atomic E-state index is 1.02. The molecule has 0 amide bonds. The fourth-order valence-electron chi connectivity index (χ4n) is 3.96. The van der Waals surface area contributed by atoms with Gasteiger partial charge in [-0.25, -0.2) is 0 Å². The van der Waals surface area contributed by atoms with E-state index in [1.807, 2.05) is 0 Å². The van der Waals surface area contributed by atoms with Gasteiger partial charge in [-0.1, -0.05) is 52.4 Å². The van der Waals surface area contributed by atoms with Gasteiger partial charge in [0.05, 0.1) is 0 Å². The van der Waals surface area contributed by atoms with E-state index in [1.165, 1.54) is 51.4 Å². The van der Waals surface area contributed by atoms with Gasteiger partial charge in [0.15, 0.2) is 0 Å². The summed E-state index contributed by atoms with van der Waals surface area (Å²) in [4.78, 5) is 0. The molecule has 0 aromatic carbocycles. The van der Waals surface area contributed by atoms with E-state index < -0.39 is 0 Å². The smallest absolute Gasteiger partial charge is 0.0358 e. The molecule has 2 aliphatic rings. The molecule has 0 aromatic heterocycles. The summed E-state index contributed by atoms with van der Waals surface area (Å²) in [5.41, 5.74) is 0. The highest BCUT2D eigenvalue weighted by Gasteiger charge is 2.33. The summed E-state index contributed by atoms with van der Waals surface area (Å²) in [6.07, 6.45) is 12.1. The molecule has 2 aliphatic carbocycles. The number of hydrogen-bond donors (Lipinski definition) is 0. The van der Waals surface area contributed by atoms with Crippen LogP contribution in [0.3, 0.4) is 0 Å². The third kappa shape index (κ3) is 2.15. The molecule has 0 saturated heterocycles. The monoisotopic (exact) mass is 194 g/mol. The maximum Gasteiger partial charge on any atom is -0.0358 e. The summed E-state index contributed by atoms with van der Waals surface area (Å²) < 4.78 is 0. The molecule has 0 spiro atoms. The summed E-state index contributed by atoms with van der Waals surface area (Å²) >= 11 is 0. The molecule has 0 nitrogen and oxygen atoms in total. The van der Waals surface area contributed by atoms with Crippen molar-refractivity contribution in [2.24, 2.45) is 23.7 Å². The van der Waals surface area contributed by atoms with E-state index in [0.717, 1.165) is 23.7 Å². The number of rotatable bonds is 1. The van der Waals surface area contributed by atoms with Crippen LogP contribution in [0.4, 0.5) is 0 Å². The van der Waals surface area contributed by atoms with Gasteiger partial charge in [-0.2, -0.15) is 0 Å². The predicted molar refractivity (Wildman–Crippen MR) is 62.2 cm³/mol. The Hall–Kier alpha value is 0. The fourth-order valence-corrected chi connectivity index (χ4v) is 3.96. The lowest BCUT2D eigenvalue weighted by Gasteiger charge is -2.41. The SMILES string of the molecule is CC1CCCCC1[C@H]1CCCC[C@H]1C. The van der Waals surface area contributed by atoms with Gasteiger partial charge in [0.2, 0.25) is 0 Å². The van der Waals surface area contributed by atoms with Gasteiger partial charge in [0.25, 0.3) is 0 Å². The fraction of sp³-hybridized carbons (Fsp3) is 1.00. The quantitative estimate of drug-likeness (QED) is 0.570. The van der Waals surface area contributed by atoms with E-state index in [0.29, 0.717) is 0 Å². The molecule has 2 unspecified atom stereocenters. The Labute approximate surface area is 89.5 Å². The highest BCUT2D eigenvalue weighted by atomic mass is 14.4. The highest BCUT2D eigenvalue weighted by molar-refractivity contribution is 4.83. The van der Waals surface area contributed by atoms with Crippen LogP contribution in [-0.2, 0) is 0 Å². The van der Waals surface area contributed by atoms with Crippen LogP contribution < -0.4 is 0 Å². The van der Waals surface area contributed by atoms with Crippen LogP contribution in [0, 0.1) is 23.7 Å². The molecule has 0 N–H and O–H groups in total. The van der Waals surface area contributed by atoms with Crippen molar-refractivity contribution in [3.05, 3.63) is 0 Å². The first kappa shape index (κ1) is 10.5. The van der Waals surface area contributed by atoms with E-state index in [2.05, 4.69) is 13.8 Å². The number of hydrogen-bond acceptors (Lipinski definition) is 0. The first-order valence-electron chi connectivity index (χ1n) is 6.79. The van der Waals surface area contributed by atoms with Crippen molar-refractivity contribution in [3.63, 3.8) is 0 Å². The third-order valence-electron chi connectivity index (χ3n) is 4.91. The van der Waals surface area contributed by atoms with E-state index in [1.54, 1.807) is 0 Å². The molecule has 14 heavy (non-hydrogen) atoms. The van der Waals surface area contributed by atoms with Crippen LogP contribution in [0.15, 0.2) is 0 Å². The molecule has 2 saturated carbocycles. The van der Waals surface area contributed by atoms with Crippen molar-refractivity contribution >= 4 is 0 Å². The van der Waals surface area contributed by atoms with Crippen molar-refractivity contribution < 1.29 is 0 Å². The Morgan fingerprint density at radius 1 is 0.571 bits per heavy atom. The molecule has 0 aromatic rings. The zero-order chi connectivity index (χ0) is 9.97. The second-order valence-corrected chi connectivity index (χ2v) is 5.85. The zero-order valence-electron chi connectivity index (χ0n) is 9.97. The average molecular weight is 194 g/mol. The van der Waals surface area contributed by atoms with Crippen LogP contribution in [0.2, 0.25) is 0 Å². The molecular weight excluding hydrogens is 168 g/mol. The first-order chi connectivity index (χ1) is 6.79. The van der Waals surface area contributed by atoms with Crippen molar-refractivity contribution in [1.82, 2.24) is 0 Å². The molecule has 2 rings (SSSR count). The van der Waals surface area contributed by atoms with Crippen LogP contribution >= 0.6 is 0 Å². The van der Waals surface area contributed by atoms with Crippen molar-refractivity contribution in [2.45, 2.75) is 65.2 Å². The lowest BCUT2D eigenvalue weighted by Crippen LogP contribution is -2.31. The average Bonchev–Trinajstić information content (AvgIpc) is 2.20. The molecule has 0 bridgehead atoms. The summed E-state index contributed by atoms with van der Waals surface area (Å²) in [6, 6.07) is 0. The first-order valence-corrected chi connectivity index (χ1v) is 6.79. The van der Waals surface area contributed by atoms with Gasteiger partial charge in [-0.05, 0) is 36.5 Å². The van der Waals surface area contributed by atoms with Crippen molar-refractivity contribution in [2.75, 3.05) is 0 Å². The second-order valence-electron chi connectivity index (χ2n) is 5.85. The molecule has 0 heterocycles. The molecule has 2 fully saturated rings. The molecular formula is C14H26. The normalized spacial score (nSPS) is 45.0. The van der Waals surface area contributed by atoms with Crippen LogP contribution in [0.1, 0.15) is 65.2 Å². The van der Waals surface area contributed by atoms with Crippen LogP contribution in [0.5, 0.6) is 0 Å². The molecule has 82 valence electrons. The zero-order valence-corrected chi connectivity index (χ0v) is 9.97. The van der Waals surface area contributed by atoms with E-state index in [4.69, 9.17) is 0 Å². The Bertz CT molecular complexity index is 153. The Kier molecular flexibility index (Phi) is 3.52. The maximum atomic E-state index is 2.51. The minimum atomic E-state index is 1.02. The van der Waals surface area contributed by atoms with Gasteiger partial charge in [0, 0.05) is 0 Å². The maximum absolute atomic E-state index is 2.51.